The molecule has 0 radical (unpaired) electrons. The number of hydrogen-bond acceptors (Lipinski definition) is 1. The molecule has 1 aromatic rings. The fraction of sp³-hybridized carbons (Fsp3) is 0.143. The van der Waals surface area contributed by atoms with Gasteiger partial charge in [-0.15, -0.1) is 12.1 Å². The second-order valence-electron chi connectivity index (χ2n) is 1.61. The van der Waals surface area contributed by atoms with Crippen molar-refractivity contribution in [2.75, 3.05) is 0 Å². The molecule has 1 aromatic carbocycles. The predicted molar refractivity (Wildman–Crippen MR) is 37.7 cm³/mol. The monoisotopic (exact) mass is 294 g/mol. The van der Waals surface area contributed by atoms with Gasteiger partial charge in [-0.1, -0.05) is 0 Å². The van der Waals surface area contributed by atoms with Crippen LogP contribution in [-0.2, 0) is 0 Å². The van der Waals surface area contributed by atoms with E-state index in [0.29, 0.717) is 0 Å². The number of halogens is 3. The van der Waals surface area contributed by atoms with Crippen LogP contribution >= 0.6 is 0 Å². The Kier molecular flexibility index (Phi) is 9.91. The van der Waals surface area contributed by atoms with E-state index in [-0.39, 0.29) is 52.8 Å². The number of benzene rings is 1. The third-order valence-electron chi connectivity index (χ3n) is 0.913. The van der Waals surface area contributed by atoms with Gasteiger partial charge in [0.25, 0.3) is 0 Å². The van der Waals surface area contributed by atoms with Crippen molar-refractivity contribution >= 4 is 23.1 Å². The number of hydrogen-bond donors (Lipinski definition) is 0. The first-order chi connectivity index (χ1) is 4.79. The molecule has 0 unspecified atom stereocenters. The Morgan fingerprint density at radius 1 is 1.25 bits per heavy atom. The summed E-state index contributed by atoms with van der Waals surface area (Å²) in [6, 6.07) is 8.55. The van der Waals surface area contributed by atoms with E-state index in [9.17, 15) is 8.78 Å². The minimum Gasteiger partial charge on any atom is -1.00 e. The predicted octanol–water partition coefficient (Wildman–Crippen LogP) is -1.29. The molecule has 1 nitrogen and oxygen atoms in total. The molecule has 0 amide bonds. The largest absolute Gasteiger partial charge is 2.00 e. The molecule has 0 heterocycles. The van der Waals surface area contributed by atoms with Crippen LogP contribution in [0.25, 0.3) is 0 Å². The Hall–Kier alpha value is 0.376. The van der Waals surface area contributed by atoms with Gasteiger partial charge in [-0.25, -0.2) is 0 Å². The van der Waals surface area contributed by atoms with E-state index < -0.39 is 6.61 Å². The summed E-state index contributed by atoms with van der Waals surface area (Å²) in [6.45, 7) is -2.75. The SMILES string of the molecule is FC(F)Oc1cc[c-]cc1.[I-].[Mg+2]. The van der Waals surface area contributed by atoms with Gasteiger partial charge in [0.15, 0.2) is 0 Å². The van der Waals surface area contributed by atoms with Crippen LogP contribution in [0.15, 0.2) is 24.3 Å². The number of alkyl halides is 2. The maximum absolute atomic E-state index is 11.5. The van der Waals surface area contributed by atoms with E-state index in [4.69, 9.17) is 0 Å². The van der Waals surface area contributed by atoms with Crippen molar-refractivity contribution in [1.82, 2.24) is 0 Å². The molecule has 0 aliphatic rings. The van der Waals surface area contributed by atoms with Gasteiger partial charge in [0.05, 0.1) is 0 Å². The molecule has 5 heteroatoms. The summed E-state index contributed by atoms with van der Waals surface area (Å²) in [6.07, 6.45) is 0. The van der Waals surface area contributed by atoms with E-state index in [1.807, 2.05) is 0 Å². The molecule has 62 valence electrons. The zero-order chi connectivity index (χ0) is 7.40. The van der Waals surface area contributed by atoms with Crippen molar-refractivity contribution in [3.05, 3.63) is 30.3 Å². The van der Waals surface area contributed by atoms with Gasteiger partial charge in [-0.3, -0.25) is 0 Å². The van der Waals surface area contributed by atoms with Gasteiger partial charge in [0.1, 0.15) is 0 Å². The van der Waals surface area contributed by atoms with Crippen LogP contribution in [0.2, 0.25) is 0 Å². The van der Waals surface area contributed by atoms with Crippen molar-refractivity contribution in [1.29, 1.82) is 0 Å². The Balaban J connectivity index is 0. The van der Waals surface area contributed by atoms with Crippen molar-refractivity contribution in [2.24, 2.45) is 0 Å². The van der Waals surface area contributed by atoms with Crippen LogP contribution in [0.4, 0.5) is 8.78 Å². The second-order valence-corrected chi connectivity index (χ2v) is 1.61. The van der Waals surface area contributed by atoms with Crippen molar-refractivity contribution in [3.8, 4) is 5.75 Å². The molecule has 0 aliphatic heterocycles. The summed E-state index contributed by atoms with van der Waals surface area (Å²) in [5, 5.41) is 0. The molecule has 0 aliphatic carbocycles. The Bertz CT molecular complexity index is 196. The summed E-state index contributed by atoms with van der Waals surface area (Å²) < 4.78 is 27.0. The molecular formula is C7H5F2IMgO. The van der Waals surface area contributed by atoms with Crippen LogP contribution in [0.3, 0.4) is 0 Å². The van der Waals surface area contributed by atoms with Gasteiger partial charge >= 0.3 is 29.7 Å². The second kappa shape index (κ2) is 8.00. The summed E-state index contributed by atoms with van der Waals surface area (Å²) in [7, 11) is 0. The zero-order valence-electron chi connectivity index (χ0n) is 6.14. The van der Waals surface area contributed by atoms with Gasteiger partial charge < -0.3 is 28.7 Å². The van der Waals surface area contributed by atoms with E-state index in [2.05, 4.69) is 10.8 Å². The van der Waals surface area contributed by atoms with Crippen LogP contribution in [0.1, 0.15) is 0 Å². The van der Waals surface area contributed by atoms with Crippen LogP contribution < -0.4 is 28.7 Å². The van der Waals surface area contributed by atoms with Gasteiger partial charge in [-0.2, -0.15) is 27.0 Å². The van der Waals surface area contributed by atoms with Gasteiger partial charge in [0, 0.05) is 5.75 Å². The molecule has 0 saturated heterocycles. The minimum absolute atomic E-state index is 0. The van der Waals surface area contributed by atoms with Crippen LogP contribution in [0, 0.1) is 6.07 Å². The van der Waals surface area contributed by atoms with Gasteiger partial charge in [0.2, 0.25) is 0 Å². The average molecular weight is 294 g/mol. The minimum atomic E-state index is -2.75. The fourth-order valence-electron chi connectivity index (χ4n) is 0.553. The normalized spacial score (nSPS) is 8.25. The molecule has 0 aromatic heterocycles. The first-order valence-electron chi connectivity index (χ1n) is 2.70. The summed E-state index contributed by atoms with van der Waals surface area (Å²) in [5.74, 6) is 0.161. The van der Waals surface area contributed by atoms with Crippen LogP contribution in [0.5, 0.6) is 5.75 Å². The third-order valence-corrected chi connectivity index (χ3v) is 0.913. The molecule has 0 atom stereocenters. The standard InChI is InChI=1S/C7H5F2O.HI.Mg/c8-7(9)10-6-4-2-1-3-5-6;;/h2-5,7H;1H;/q-1;;+2/p-1. The molecular weight excluding hydrogens is 289 g/mol. The Morgan fingerprint density at radius 2 is 1.75 bits per heavy atom. The van der Waals surface area contributed by atoms with E-state index in [0.717, 1.165) is 0 Å². The van der Waals surface area contributed by atoms with E-state index >= 15 is 0 Å². The van der Waals surface area contributed by atoms with Crippen molar-refractivity contribution in [2.45, 2.75) is 6.61 Å². The average Bonchev–Trinajstić information content (AvgIpc) is 1.88. The summed E-state index contributed by atoms with van der Waals surface area (Å²) >= 11 is 0. The maximum Gasteiger partial charge on any atom is 2.00 e. The smallest absolute Gasteiger partial charge is 1.00 e. The third kappa shape index (κ3) is 5.96. The summed E-state index contributed by atoms with van der Waals surface area (Å²) in [4.78, 5) is 0. The Labute approximate surface area is 103 Å². The number of rotatable bonds is 2. The topological polar surface area (TPSA) is 9.23 Å². The molecule has 1 rings (SSSR count). The molecule has 0 bridgehead atoms. The fourth-order valence-corrected chi connectivity index (χ4v) is 0.553. The number of ether oxygens (including phenoxy) is 1. The maximum atomic E-state index is 11.5. The van der Waals surface area contributed by atoms with Crippen molar-refractivity contribution < 1.29 is 37.5 Å². The first-order valence-corrected chi connectivity index (χ1v) is 2.70. The molecule has 0 fully saturated rings. The molecule has 0 N–H and O–H groups in total. The molecule has 12 heavy (non-hydrogen) atoms. The molecule has 0 saturated carbocycles. The van der Waals surface area contributed by atoms with E-state index in [1.54, 1.807) is 0 Å². The zero-order valence-corrected chi connectivity index (χ0v) is 9.71. The first kappa shape index (κ1) is 14.9. The molecule has 0 spiro atoms. The quantitative estimate of drug-likeness (QED) is 0.375. The Morgan fingerprint density at radius 3 is 2.17 bits per heavy atom. The van der Waals surface area contributed by atoms with Crippen molar-refractivity contribution in [3.63, 3.8) is 0 Å². The summed E-state index contributed by atoms with van der Waals surface area (Å²) in [5.41, 5.74) is 0. The van der Waals surface area contributed by atoms with Gasteiger partial charge in [-0.05, 0) is 0 Å². The van der Waals surface area contributed by atoms with Crippen LogP contribution in [-0.4, -0.2) is 29.7 Å². The van der Waals surface area contributed by atoms with E-state index in [1.165, 1.54) is 24.3 Å².